The molecule has 2 saturated carbocycles. The normalized spacial score (nSPS) is 27.5. The molecule has 0 aliphatic heterocycles. The fourth-order valence-electron chi connectivity index (χ4n) is 5.89. The number of carbonyl (C=O) groups is 1. The van der Waals surface area contributed by atoms with Crippen LogP contribution in [-0.4, -0.2) is 22.0 Å². The number of benzene rings is 2. The fraction of sp³-hybridized carbons (Fsp3) is 0.385. The lowest BCUT2D eigenvalue weighted by molar-refractivity contribution is -0.119. The first-order chi connectivity index (χ1) is 15.0. The molecular formula is C26H25ClFNO2. The Morgan fingerprint density at radius 3 is 2.68 bits per heavy atom. The summed E-state index contributed by atoms with van der Waals surface area (Å²) in [5.41, 5.74) is 2.74. The summed E-state index contributed by atoms with van der Waals surface area (Å²) in [5, 5.41) is 12.6. The van der Waals surface area contributed by atoms with Gasteiger partial charge in [-0.2, -0.15) is 0 Å². The lowest BCUT2D eigenvalue weighted by atomic mass is 9.87. The van der Waals surface area contributed by atoms with Crippen molar-refractivity contribution in [2.75, 3.05) is 0 Å². The summed E-state index contributed by atoms with van der Waals surface area (Å²) in [7, 11) is 0. The van der Waals surface area contributed by atoms with Crippen molar-refractivity contribution in [2.45, 2.75) is 44.1 Å². The highest BCUT2D eigenvalue weighted by Gasteiger charge is 2.48. The predicted molar refractivity (Wildman–Crippen MR) is 120 cm³/mol. The van der Waals surface area contributed by atoms with Crippen LogP contribution in [0.4, 0.5) is 4.39 Å². The quantitative estimate of drug-likeness (QED) is 0.555. The smallest absolute Gasteiger partial charge is 0.137 e. The Kier molecular flexibility index (Phi) is 5.53. The summed E-state index contributed by atoms with van der Waals surface area (Å²) in [6, 6.07) is 14.0. The molecule has 1 heterocycles. The number of hydrogen-bond donors (Lipinski definition) is 1. The number of carbonyl (C=O) groups excluding carboxylic acids is 1. The van der Waals surface area contributed by atoms with Crippen molar-refractivity contribution in [2.24, 2.45) is 17.8 Å². The zero-order chi connectivity index (χ0) is 21.5. The Morgan fingerprint density at radius 1 is 1.10 bits per heavy atom. The molecule has 1 unspecified atom stereocenters. The Hall–Kier alpha value is -2.30. The number of nitrogens with zero attached hydrogens (tertiary/aromatic N) is 1. The zero-order valence-electron chi connectivity index (χ0n) is 17.2. The van der Waals surface area contributed by atoms with Crippen molar-refractivity contribution >= 4 is 28.3 Å². The van der Waals surface area contributed by atoms with Crippen molar-refractivity contribution in [3.05, 3.63) is 76.7 Å². The number of ketones is 1. The van der Waals surface area contributed by atoms with Crippen LogP contribution < -0.4 is 0 Å². The van der Waals surface area contributed by atoms with E-state index < -0.39 is 6.10 Å². The molecule has 2 aromatic carbocycles. The van der Waals surface area contributed by atoms with E-state index in [0.29, 0.717) is 29.7 Å². The fourth-order valence-corrected chi connectivity index (χ4v) is 6.02. The van der Waals surface area contributed by atoms with Gasteiger partial charge in [-0.05, 0) is 84.5 Å². The van der Waals surface area contributed by atoms with Crippen LogP contribution in [0.1, 0.15) is 42.7 Å². The van der Waals surface area contributed by atoms with E-state index in [1.54, 1.807) is 12.3 Å². The molecule has 0 radical (unpaired) electrons. The number of pyridine rings is 1. The molecule has 5 rings (SSSR count). The van der Waals surface area contributed by atoms with E-state index in [0.717, 1.165) is 41.3 Å². The Bertz CT molecular complexity index is 1120. The van der Waals surface area contributed by atoms with Gasteiger partial charge in [-0.1, -0.05) is 23.7 Å². The number of aliphatic hydroxyl groups is 1. The third-order valence-corrected chi connectivity index (χ3v) is 7.47. The first-order valence-corrected chi connectivity index (χ1v) is 11.3. The molecule has 0 amide bonds. The van der Waals surface area contributed by atoms with Crippen molar-refractivity contribution < 1.29 is 14.3 Å². The first-order valence-electron chi connectivity index (χ1n) is 11.0. The summed E-state index contributed by atoms with van der Waals surface area (Å²) in [6.45, 7) is 0. The van der Waals surface area contributed by atoms with Crippen LogP contribution >= 0.6 is 11.6 Å². The van der Waals surface area contributed by atoms with Crippen LogP contribution in [0, 0.1) is 23.6 Å². The standard InChI is InChI=1S/C26H25ClFNO2/c27-18-3-1-15(2-4-18)10-20(30)11-16-9-17-13-24(26(31)22(17)12-16)21-7-8-29-25-6-5-19(28)14-23(21)25/h1-8,14,16-17,22,24,26,31H,9-13H2/t16-,17+,22+,24-,26?/m0/s1. The number of Topliss-reactive ketones (excluding diaryl/α,β-unsaturated/α-hetero) is 1. The van der Waals surface area contributed by atoms with E-state index in [4.69, 9.17) is 11.6 Å². The molecule has 0 bridgehead atoms. The molecule has 3 aromatic rings. The van der Waals surface area contributed by atoms with Gasteiger partial charge in [0.05, 0.1) is 11.6 Å². The molecule has 2 fully saturated rings. The van der Waals surface area contributed by atoms with Gasteiger partial charge in [0.2, 0.25) is 0 Å². The average molecular weight is 438 g/mol. The molecule has 5 heteroatoms. The van der Waals surface area contributed by atoms with E-state index in [1.807, 2.05) is 30.3 Å². The van der Waals surface area contributed by atoms with Gasteiger partial charge in [0.15, 0.2) is 0 Å². The van der Waals surface area contributed by atoms with Gasteiger partial charge in [-0.3, -0.25) is 9.78 Å². The first kappa shape index (κ1) is 20.6. The van der Waals surface area contributed by atoms with Crippen molar-refractivity contribution in [3.8, 4) is 0 Å². The van der Waals surface area contributed by atoms with Gasteiger partial charge in [0.1, 0.15) is 11.6 Å². The Balaban J connectivity index is 1.25. The minimum Gasteiger partial charge on any atom is -0.392 e. The van der Waals surface area contributed by atoms with Crippen molar-refractivity contribution in [1.29, 1.82) is 0 Å². The van der Waals surface area contributed by atoms with Crippen LogP contribution in [0.3, 0.4) is 0 Å². The number of rotatable bonds is 5. The monoisotopic (exact) mass is 437 g/mol. The highest BCUT2D eigenvalue weighted by atomic mass is 35.5. The number of aliphatic hydroxyl groups excluding tert-OH is 1. The number of halogens is 2. The molecule has 31 heavy (non-hydrogen) atoms. The lowest BCUT2D eigenvalue weighted by Gasteiger charge is -2.21. The number of aromatic nitrogens is 1. The second kappa shape index (κ2) is 8.33. The van der Waals surface area contributed by atoms with Crippen LogP contribution in [0.15, 0.2) is 54.7 Å². The molecule has 1 N–H and O–H groups in total. The minimum atomic E-state index is -0.463. The molecule has 0 spiro atoms. The number of fused-ring (bicyclic) bond motifs is 2. The highest BCUT2D eigenvalue weighted by molar-refractivity contribution is 6.30. The minimum absolute atomic E-state index is 0.00646. The second-order valence-electron chi connectivity index (χ2n) is 9.20. The molecule has 1 aromatic heterocycles. The maximum atomic E-state index is 13.9. The third kappa shape index (κ3) is 4.11. The van der Waals surface area contributed by atoms with E-state index in [9.17, 15) is 14.3 Å². The van der Waals surface area contributed by atoms with Crippen molar-refractivity contribution in [1.82, 2.24) is 4.98 Å². The Morgan fingerprint density at radius 2 is 1.90 bits per heavy atom. The second-order valence-corrected chi connectivity index (χ2v) is 9.64. The summed E-state index contributed by atoms with van der Waals surface area (Å²) in [6.07, 6.45) is 5.01. The molecule has 0 saturated heterocycles. The van der Waals surface area contributed by atoms with E-state index >= 15 is 0 Å². The molecule has 160 valence electrons. The maximum absolute atomic E-state index is 13.9. The van der Waals surface area contributed by atoms with Crippen LogP contribution in [0.25, 0.3) is 10.9 Å². The summed E-state index contributed by atoms with van der Waals surface area (Å²) in [5.74, 6) is 0.896. The van der Waals surface area contributed by atoms with E-state index in [-0.39, 0.29) is 23.4 Å². The average Bonchev–Trinajstić information content (AvgIpc) is 3.27. The summed E-state index contributed by atoms with van der Waals surface area (Å²) < 4.78 is 13.9. The summed E-state index contributed by atoms with van der Waals surface area (Å²) >= 11 is 5.92. The van der Waals surface area contributed by atoms with Gasteiger partial charge in [-0.25, -0.2) is 4.39 Å². The van der Waals surface area contributed by atoms with E-state index in [2.05, 4.69) is 4.98 Å². The van der Waals surface area contributed by atoms with Crippen LogP contribution in [0.5, 0.6) is 0 Å². The summed E-state index contributed by atoms with van der Waals surface area (Å²) in [4.78, 5) is 16.9. The zero-order valence-corrected chi connectivity index (χ0v) is 17.9. The topological polar surface area (TPSA) is 50.2 Å². The van der Waals surface area contributed by atoms with Crippen LogP contribution in [0.2, 0.25) is 5.02 Å². The third-order valence-electron chi connectivity index (χ3n) is 7.22. The predicted octanol–water partition coefficient (Wildman–Crippen LogP) is 5.72. The van der Waals surface area contributed by atoms with Gasteiger partial charge < -0.3 is 5.11 Å². The number of hydrogen-bond acceptors (Lipinski definition) is 3. The SMILES string of the molecule is O=C(Cc1ccc(Cl)cc1)C[C@@H]1C[C@@H]2C[C@@H](c3ccnc4ccc(F)cc34)C(O)[C@@H]2C1. The van der Waals surface area contributed by atoms with Crippen LogP contribution in [-0.2, 0) is 11.2 Å². The van der Waals surface area contributed by atoms with E-state index in [1.165, 1.54) is 12.1 Å². The molecule has 2 aliphatic rings. The van der Waals surface area contributed by atoms with Gasteiger partial charge in [0, 0.05) is 35.4 Å². The van der Waals surface area contributed by atoms with Crippen molar-refractivity contribution in [3.63, 3.8) is 0 Å². The Labute approximate surface area is 186 Å². The molecular weight excluding hydrogens is 413 g/mol. The lowest BCUT2D eigenvalue weighted by Crippen LogP contribution is -2.21. The van der Waals surface area contributed by atoms with Gasteiger partial charge >= 0.3 is 0 Å². The largest absolute Gasteiger partial charge is 0.392 e. The molecule has 2 aliphatic carbocycles. The van der Waals surface area contributed by atoms with Gasteiger partial charge in [-0.15, -0.1) is 0 Å². The maximum Gasteiger partial charge on any atom is 0.137 e. The molecule has 3 nitrogen and oxygen atoms in total. The highest BCUT2D eigenvalue weighted by Crippen LogP contribution is 2.54. The van der Waals surface area contributed by atoms with Gasteiger partial charge in [0.25, 0.3) is 0 Å². The molecule has 5 atom stereocenters.